The Morgan fingerprint density at radius 3 is 2.54 bits per heavy atom. The molecule has 0 N–H and O–H groups in total. The topological polar surface area (TPSA) is 72.4 Å². The zero-order chi connectivity index (χ0) is 19.9. The van der Waals surface area contributed by atoms with E-state index in [9.17, 15) is 21.6 Å². The summed E-state index contributed by atoms with van der Waals surface area (Å²) in [6.45, 7) is 0.0739. The molecule has 0 radical (unpaired) electrons. The van der Waals surface area contributed by atoms with Gasteiger partial charge in [0.15, 0.2) is 0 Å². The number of hydrogen-bond acceptors (Lipinski definition) is 5. The molecule has 146 valence electrons. The summed E-state index contributed by atoms with van der Waals surface area (Å²) in [5.74, 6) is -0.00352. The molecule has 3 aromatic rings. The van der Waals surface area contributed by atoms with Crippen molar-refractivity contribution >= 4 is 20.9 Å². The lowest BCUT2D eigenvalue weighted by Crippen LogP contribution is -2.56. The number of alkyl halides is 3. The summed E-state index contributed by atoms with van der Waals surface area (Å²) in [4.78, 5) is 7.51. The Hall–Kier alpha value is -2.72. The van der Waals surface area contributed by atoms with Crippen molar-refractivity contribution in [1.82, 2.24) is 14.3 Å². The normalized spacial score (nSPS) is 16.1. The maximum absolute atomic E-state index is 12.9. The number of pyridine rings is 2. The monoisotopic (exact) mass is 409 g/mol. The van der Waals surface area contributed by atoms with Crippen LogP contribution in [-0.2, 0) is 16.2 Å². The molecule has 28 heavy (non-hydrogen) atoms. The molecule has 1 fully saturated rings. The van der Waals surface area contributed by atoms with Crippen LogP contribution in [0.3, 0.4) is 0 Å². The Morgan fingerprint density at radius 1 is 1.04 bits per heavy atom. The van der Waals surface area contributed by atoms with Gasteiger partial charge in [0.1, 0.15) is 22.4 Å². The smallest absolute Gasteiger partial charge is 0.433 e. The van der Waals surface area contributed by atoms with Gasteiger partial charge in [-0.3, -0.25) is 9.97 Å². The Balaban J connectivity index is 1.49. The van der Waals surface area contributed by atoms with Gasteiger partial charge in [-0.25, -0.2) is 8.42 Å². The van der Waals surface area contributed by atoms with E-state index in [1.807, 2.05) is 0 Å². The predicted molar refractivity (Wildman–Crippen MR) is 94.2 cm³/mol. The Kier molecular flexibility index (Phi) is 4.47. The molecule has 0 amide bonds. The van der Waals surface area contributed by atoms with E-state index in [0.717, 1.165) is 12.3 Å². The first-order chi connectivity index (χ1) is 13.2. The molecular weight excluding hydrogens is 395 g/mol. The molecule has 0 atom stereocenters. The molecule has 6 nitrogen and oxygen atoms in total. The number of sulfonamides is 1. The standard InChI is InChI=1S/C18H14F3N3O3S/c19-18(20,21)16-9-13(6-8-22-16)27-14-10-24(11-14)28(25,26)15-5-1-3-12-4-2-7-23-17(12)15/h1-9,14H,10-11H2. The summed E-state index contributed by atoms with van der Waals surface area (Å²) in [6.07, 6.45) is -2.59. The fourth-order valence-electron chi connectivity index (χ4n) is 2.93. The van der Waals surface area contributed by atoms with Crippen LogP contribution in [0.25, 0.3) is 10.9 Å². The number of halogens is 3. The molecule has 1 aromatic carbocycles. The van der Waals surface area contributed by atoms with Crippen molar-refractivity contribution in [2.45, 2.75) is 17.2 Å². The van der Waals surface area contributed by atoms with Crippen molar-refractivity contribution in [3.05, 3.63) is 60.6 Å². The largest absolute Gasteiger partial charge is 0.488 e. The van der Waals surface area contributed by atoms with Crippen molar-refractivity contribution in [2.75, 3.05) is 13.1 Å². The molecule has 0 spiro atoms. The van der Waals surface area contributed by atoms with Crippen LogP contribution in [-0.4, -0.2) is 41.9 Å². The highest BCUT2D eigenvalue weighted by molar-refractivity contribution is 7.89. The minimum Gasteiger partial charge on any atom is -0.488 e. The third-order valence-corrected chi connectivity index (χ3v) is 6.22. The van der Waals surface area contributed by atoms with E-state index < -0.39 is 28.0 Å². The minimum atomic E-state index is -4.57. The third kappa shape index (κ3) is 3.40. The van der Waals surface area contributed by atoms with Gasteiger partial charge >= 0.3 is 6.18 Å². The average Bonchev–Trinajstić information content (AvgIpc) is 2.63. The number of aromatic nitrogens is 2. The summed E-state index contributed by atoms with van der Waals surface area (Å²) in [6, 6.07) is 10.5. The predicted octanol–water partition coefficient (Wildman–Crippen LogP) is 3.10. The lowest BCUT2D eigenvalue weighted by Gasteiger charge is -2.37. The molecule has 0 saturated carbocycles. The van der Waals surface area contributed by atoms with Gasteiger partial charge in [0.25, 0.3) is 0 Å². The highest BCUT2D eigenvalue weighted by Crippen LogP contribution is 2.31. The van der Waals surface area contributed by atoms with Gasteiger partial charge in [-0.2, -0.15) is 17.5 Å². The molecule has 4 rings (SSSR count). The van der Waals surface area contributed by atoms with Crippen LogP contribution in [0.1, 0.15) is 5.69 Å². The highest BCUT2D eigenvalue weighted by Gasteiger charge is 2.39. The number of ether oxygens (including phenoxy) is 1. The highest BCUT2D eigenvalue weighted by atomic mass is 32.2. The number of nitrogens with zero attached hydrogens (tertiary/aromatic N) is 3. The van der Waals surface area contributed by atoms with Crippen LogP contribution in [0.4, 0.5) is 13.2 Å². The van der Waals surface area contributed by atoms with Gasteiger partial charge < -0.3 is 4.74 Å². The first kappa shape index (κ1) is 18.6. The first-order valence-electron chi connectivity index (χ1n) is 8.29. The quantitative estimate of drug-likeness (QED) is 0.662. The molecule has 0 unspecified atom stereocenters. The maximum atomic E-state index is 12.9. The van der Waals surface area contributed by atoms with Gasteiger partial charge in [0.2, 0.25) is 10.0 Å². The number of hydrogen-bond donors (Lipinski definition) is 0. The number of para-hydroxylation sites is 1. The summed E-state index contributed by atoms with van der Waals surface area (Å²) < 4.78 is 70.6. The molecule has 1 aliphatic rings. The van der Waals surface area contributed by atoms with Gasteiger partial charge in [-0.1, -0.05) is 18.2 Å². The Labute approximate surface area is 158 Å². The van der Waals surface area contributed by atoms with Crippen molar-refractivity contribution in [3.63, 3.8) is 0 Å². The second kappa shape index (κ2) is 6.71. The van der Waals surface area contributed by atoms with Gasteiger partial charge in [-0.05, 0) is 18.2 Å². The van der Waals surface area contributed by atoms with E-state index in [-0.39, 0.29) is 23.7 Å². The van der Waals surface area contributed by atoms with E-state index in [0.29, 0.717) is 10.9 Å². The fourth-order valence-corrected chi connectivity index (χ4v) is 4.60. The van der Waals surface area contributed by atoms with Crippen molar-refractivity contribution in [2.24, 2.45) is 0 Å². The lowest BCUT2D eigenvalue weighted by atomic mass is 10.2. The summed E-state index contributed by atoms with van der Waals surface area (Å²) in [5.41, 5.74) is -0.686. The molecule has 1 aliphatic heterocycles. The van der Waals surface area contributed by atoms with Crippen LogP contribution in [0.5, 0.6) is 5.75 Å². The fraction of sp³-hybridized carbons (Fsp3) is 0.222. The van der Waals surface area contributed by atoms with Gasteiger partial charge in [-0.15, -0.1) is 0 Å². The minimum absolute atomic E-state index is 0.00352. The van der Waals surface area contributed by atoms with Gasteiger partial charge in [0, 0.05) is 23.8 Å². The van der Waals surface area contributed by atoms with Crippen molar-refractivity contribution < 1.29 is 26.3 Å². The Bertz CT molecular complexity index is 1120. The third-order valence-electron chi connectivity index (χ3n) is 4.35. The van der Waals surface area contributed by atoms with Crippen molar-refractivity contribution in [1.29, 1.82) is 0 Å². The van der Waals surface area contributed by atoms with Gasteiger partial charge in [0.05, 0.1) is 18.6 Å². The molecule has 2 aromatic heterocycles. The summed E-state index contributed by atoms with van der Waals surface area (Å²) >= 11 is 0. The second-order valence-corrected chi connectivity index (χ2v) is 8.17. The van der Waals surface area contributed by atoms with Crippen LogP contribution >= 0.6 is 0 Å². The zero-order valence-electron chi connectivity index (χ0n) is 14.3. The average molecular weight is 409 g/mol. The number of benzene rings is 1. The second-order valence-electron chi connectivity index (χ2n) is 6.27. The molecule has 10 heteroatoms. The number of rotatable bonds is 4. The lowest BCUT2D eigenvalue weighted by molar-refractivity contribution is -0.141. The van der Waals surface area contributed by atoms with Crippen LogP contribution in [0.15, 0.2) is 59.8 Å². The zero-order valence-corrected chi connectivity index (χ0v) is 15.1. The van der Waals surface area contributed by atoms with Crippen LogP contribution in [0, 0.1) is 0 Å². The molecule has 1 saturated heterocycles. The van der Waals surface area contributed by atoms with E-state index in [1.165, 1.54) is 22.6 Å². The molecular formula is C18H14F3N3O3S. The SMILES string of the molecule is O=S(=O)(c1cccc2cccnc12)N1CC(Oc2ccnc(C(F)(F)F)c2)C1. The molecule has 0 aliphatic carbocycles. The summed E-state index contributed by atoms with van der Waals surface area (Å²) in [5, 5.41) is 0.702. The van der Waals surface area contributed by atoms with E-state index in [1.54, 1.807) is 24.3 Å². The number of fused-ring (bicyclic) bond motifs is 1. The molecule has 3 heterocycles. The van der Waals surface area contributed by atoms with E-state index in [4.69, 9.17) is 4.74 Å². The molecule has 0 bridgehead atoms. The van der Waals surface area contributed by atoms with E-state index in [2.05, 4.69) is 9.97 Å². The van der Waals surface area contributed by atoms with E-state index >= 15 is 0 Å². The van der Waals surface area contributed by atoms with Crippen molar-refractivity contribution in [3.8, 4) is 5.75 Å². The maximum Gasteiger partial charge on any atom is 0.433 e. The van der Waals surface area contributed by atoms with Crippen LogP contribution < -0.4 is 4.74 Å². The summed E-state index contributed by atoms with van der Waals surface area (Å²) in [7, 11) is -3.79. The Morgan fingerprint density at radius 2 is 1.79 bits per heavy atom. The first-order valence-corrected chi connectivity index (χ1v) is 9.73. The van der Waals surface area contributed by atoms with Crippen LogP contribution in [0.2, 0.25) is 0 Å².